The van der Waals surface area contributed by atoms with Gasteiger partial charge in [0.2, 0.25) is 0 Å². The van der Waals surface area contributed by atoms with Gasteiger partial charge in [0.15, 0.2) is 0 Å². The largest absolute Gasteiger partial charge is 0.478 e. The number of carboxylic acid groups (broad SMARTS) is 1. The van der Waals surface area contributed by atoms with E-state index in [1.54, 1.807) is 12.1 Å². The number of aryl methyl sites for hydroxylation is 1. The highest BCUT2D eigenvalue weighted by Gasteiger charge is 2.39. The monoisotopic (exact) mass is 263 g/mol. The molecule has 2 rings (SSSR count). The first-order chi connectivity index (χ1) is 8.94. The van der Waals surface area contributed by atoms with E-state index in [0.29, 0.717) is 5.82 Å². The molecule has 19 heavy (non-hydrogen) atoms. The summed E-state index contributed by atoms with van der Waals surface area (Å²) >= 11 is 0. The molecule has 0 bridgehead atoms. The SMILES string of the molecule is Cc1ccc(C(=O)O)c(NCC2(N(C)C)CCC2)n1. The summed E-state index contributed by atoms with van der Waals surface area (Å²) in [5.41, 5.74) is 1.19. The fourth-order valence-electron chi connectivity index (χ4n) is 2.48. The van der Waals surface area contributed by atoms with Crippen molar-refractivity contribution in [3.63, 3.8) is 0 Å². The van der Waals surface area contributed by atoms with E-state index in [2.05, 4.69) is 29.3 Å². The molecule has 1 heterocycles. The third-order valence-electron chi connectivity index (χ3n) is 4.08. The van der Waals surface area contributed by atoms with Crippen molar-refractivity contribution < 1.29 is 9.90 Å². The van der Waals surface area contributed by atoms with Gasteiger partial charge in [-0.15, -0.1) is 0 Å². The number of rotatable bonds is 5. The van der Waals surface area contributed by atoms with Crippen LogP contribution in [-0.2, 0) is 0 Å². The number of aromatic nitrogens is 1. The molecule has 0 saturated heterocycles. The van der Waals surface area contributed by atoms with Crippen LogP contribution >= 0.6 is 0 Å². The standard InChI is InChI=1S/C14H21N3O2/c1-10-5-6-11(13(18)19)12(16-10)15-9-14(17(2)3)7-4-8-14/h5-6H,4,7-9H2,1-3H3,(H,15,16)(H,18,19). The van der Waals surface area contributed by atoms with E-state index < -0.39 is 5.97 Å². The summed E-state index contributed by atoms with van der Waals surface area (Å²) in [6, 6.07) is 3.33. The van der Waals surface area contributed by atoms with Gasteiger partial charge < -0.3 is 15.3 Å². The lowest BCUT2D eigenvalue weighted by Crippen LogP contribution is -2.54. The Morgan fingerprint density at radius 3 is 2.63 bits per heavy atom. The second-order valence-corrected chi connectivity index (χ2v) is 5.48. The molecule has 5 heteroatoms. The van der Waals surface area contributed by atoms with Gasteiger partial charge in [-0.2, -0.15) is 0 Å². The third kappa shape index (κ3) is 2.71. The Kier molecular flexibility index (Phi) is 3.75. The van der Waals surface area contributed by atoms with E-state index in [0.717, 1.165) is 25.1 Å². The van der Waals surface area contributed by atoms with Gasteiger partial charge in [-0.25, -0.2) is 9.78 Å². The number of carbonyl (C=O) groups is 1. The zero-order valence-electron chi connectivity index (χ0n) is 11.7. The molecule has 5 nitrogen and oxygen atoms in total. The smallest absolute Gasteiger partial charge is 0.339 e. The Morgan fingerprint density at radius 2 is 2.16 bits per heavy atom. The number of likely N-dealkylation sites (N-methyl/N-ethyl adjacent to an activating group) is 1. The summed E-state index contributed by atoms with van der Waals surface area (Å²) in [5.74, 6) is -0.469. The zero-order valence-corrected chi connectivity index (χ0v) is 11.7. The number of carboxylic acids is 1. The average Bonchev–Trinajstić information content (AvgIpc) is 2.26. The summed E-state index contributed by atoms with van der Waals surface area (Å²) in [5, 5.41) is 12.4. The molecule has 1 aromatic heterocycles. The number of hydrogen-bond donors (Lipinski definition) is 2. The van der Waals surface area contributed by atoms with Crippen LogP contribution in [0.25, 0.3) is 0 Å². The number of hydrogen-bond acceptors (Lipinski definition) is 4. The van der Waals surface area contributed by atoms with Crippen LogP contribution in [0.4, 0.5) is 5.82 Å². The van der Waals surface area contributed by atoms with Gasteiger partial charge in [-0.05, 0) is 52.4 Å². The molecule has 1 aromatic rings. The van der Waals surface area contributed by atoms with E-state index in [4.69, 9.17) is 0 Å². The quantitative estimate of drug-likeness (QED) is 0.850. The maximum Gasteiger partial charge on any atom is 0.339 e. The Balaban J connectivity index is 2.15. The van der Waals surface area contributed by atoms with Crippen molar-refractivity contribution in [3.05, 3.63) is 23.4 Å². The van der Waals surface area contributed by atoms with Gasteiger partial charge in [0.25, 0.3) is 0 Å². The summed E-state index contributed by atoms with van der Waals surface area (Å²) in [6.45, 7) is 2.60. The summed E-state index contributed by atoms with van der Waals surface area (Å²) in [6.07, 6.45) is 3.51. The highest BCUT2D eigenvalue weighted by atomic mass is 16.4. The first-order valence-electron chi connectivity index (χ1n) is 6.57. The highest BCUT2D eigenvalue weighted by Crippen LogP contribution is 2.36. The van der Waals surface area contributed by atoms with Crippen LogP contribution < -0.4 is 5.32 Å². The second-order valence-electron chi connectivity index (χ2n) is 5.48. The summed E-state index contributed by atoms with van der Waals surface area (Å²) in [4.78, 5) is 17.7. The average molecular weight is 263 g/mol. The highest BCUT2D eigenvalue weighted by molar-refractivity contribution is 5.93. The second kappa shape index (κ2) is 5.17. The van der Waals surface area contributed by atoms with E-state index in [9.17, 15) is 9.90 Å². The predicted molar refractivity (Wildman–Crippen MR) is 74.7 cm³/mol. The van der Waals surface area contributed by atoms with Gasteiger partial charge in [0.1, 0.15) is 11.4 Å². The molecule has 0 amide bonds. The minimum atomic E-state index is -0.942. The lowest BCUT2D eigenvalue weighted by atomic mass is 9.75. The molecule has 1 saturated carbocycles. The fourth-order valence-corrected chi connectivity index (χ4v) is 2.48. The third-order valence-corrected chi connectivity index (χ3v) is 4.08. The van der Waals surface area contributed by atoms with Crippen molar-refractivity contribution in [1.29, 1.82) is 0 Å². The molecule has 0 unspecified atom stereocenters. The Labute approximate surface area is 113 Å². The number of nitrogens with zero attached hydrogens (tertiary/aromatic N) is 2. The Bertz CT molecular complexity index is 482. The first-order valence-corrected chi connectivity index (χ1v) is 6.57. The Morgan fingerprint density at radius 1 is 1.47 bits per heavy atom. The van der Waals surface area contributed by atoms with Crippen LogP contribution in [0.15, 0.2) is 12.1 Å². The topological polar surface area (TPSA) is 65.5 Å². The molecule has 0 radical (unpaired) electrons. The minimum Gasteiger partial charge on any atom is -0.478 e. The molecular formula is C14H21N3O2. The molecule has 0 spiro atoms. The normalized spacial score (nSPS) is 17.1. The Hall–Kier alpha value is -1.62. The van der Waals surface area contributed by atoms with E-state index in [-0.39, 0.29) is 11.1 Å². The van der Waals surface area contributed by atoms with Crippen molar-refractivity contribution in [2.24, 2.45) is 0 Å². The van der Waals surface area contributed by atoms with Crippen LogP contribution in [0.1, 0.15) is 35.3 Å². The van der Waals surface area contributed by atoms with Crippen LogP contribution in [0, 0.1) is 6.92 Å². The lowest BCUT2D eigenvalue weighted by Gasteiger charge is -2.47. The minimum absolute atomic E-state index is 0.140. The van der Waals surface area contributed by atoms with Crippen LogP contribution in [0.3, 0.4) is 0 Å². The number of aromatic carboxylic acids is 1. The first kappa shape index (κ1) is 13.8. The van der Waals surface area contributed by atoms with Crippen LogP contribution in [-0.4, -0.2) is 47.1 Å². The predicted octanol–water partition coefficient (Wildman–Crippen LogP) is 1.98. The maximum atomic E-state index is 11.2. The lowest BCUT2D eigenvalue weighted by molar-refractivity contribution is 0.0693. The molecule has 0 aliphatic heterocycles. The van der Waals surface area contributed by atoms with Crippen LogP contribution in [0.2, 0.25) is 0 Å². The van der Waals surface area contributed by atoms with Crippen LogP contribution in [0.5, 0.6) is 0 Å². The zero-order chi connectivity index (χ0) is 14.0. The van der Waals surface area contributed by atoms with E-state index in [1.807, 2.05) is 6.92 Å². The molecular weight excluding hydrogens is 242 g/mol. The molecule has 2 N–H and O–H groups in total. The van der Waals surface area contributed by atoms with Gasteiger partial charge in [0, 0.05) is 17.8 Å². The van der Waals surface area contributed by atoms with E-state index in [1.165, 1.54) is 6.42 Å². The molecule has 0 atom stereocenters. The van der Waals surface area contributed by atoms with Gasteiger partial charge in [0.05, 0.1) is 0 Å². The van der Waals surface area contributed by atoms with Crippen molar-refractivity contribution in [3.8, 4) is 0 Å². The molecule has 104 valence electrons. The molecule has 1 aliphatic rings. The number of anilines is 1. The molecule has 0 aromatic carbocycles. The maximum absolute atomic E-state index is 11.2. The van der Waals surface area contributed by atoms with E-state index >= 15 is 0 Å². The van der Waals surface area contributed by atoms with Crippen molar-refractivity contribution in [2.45, 2.75) is 31.7 Å². The van der Waals surface area contributed by atoms with Gasteiger partial charge >= 0.3 is 5.97 Å². The van der Waals surface area contributed by atoms with Crippen molar-refractivity contribution in [2.75, 3.05) is 26.0 Å². The fraction of sp³-hybridized carbons (Fsp3) is 0.571. The number of pyridine rings is 1. The number of nitrogens with one attached hydrogen (secondary N) is 1. The summed E-state index contributed by atoms with van der Waals surface area (Å²) < 4.78 is 0. The molecule has 1 fully saturated rings. The van der Waals surface area contributed by atoms with Gasteiger partial charge in [-0.1, -0.05) is 0 Å². The summed E-state index contributed by atoms with van der Waals surface area (Å²) in [7, 11) is 4.14. The van der Waals surface area contributed by atoms with Gasteiger partial charge in [-0.3, -0.25) is 0 Å². The van der Waals surface area contributed by atoms with Crippen molar-refractivity contribution in [1.82, 2.24) is 9.88 Å². The molecule has 1 aliphatic carbocycles. The van der Waals surface area contributed by atoms with Crippen molar-refractivity contribution >= 4 is 11.8 Å².